The number of hydrogen-bond acceptors (Lipinski definition) is 3. The molecule has 4 rings (SSSR count). The van der Waals surface area contributed by atoms with Crippen LogP contribution in [0.4, 0.5) is 0 Å². The number of aryl methyl sites for hydroxylation is 1. The van der Waals surface area contributed by atoms with Crippen LogP contribution >= 0.6 is 0 Å². The van der Waals surface area contributed by atoms with E-state index in [2.05, 4.69) is 34.3 Å². The molecule has 0 aliphatic carbocycles. The van der Waals surface area contributed by atoms with Gasteiger partial charge in [-0.25, -0.2) is 4.68 Å². The number of carbonyl (C=O) groups is 1. The molecule has 0 atom stereocenters. The lowest BCUT2D eigenvalue weighted by Crippen LogP contribution is -2.48. The summed E-state index contributed by atoms with van der Waals surface area (Å²) < 4.78 is 1.87. The van der Waals surface area contributed by atoms with Gasteiger partial charge in [-0.3, -0.25) is 9.69 Å². The SMILES string of the molecule is Cc1nn(-c2ccccc2)c(C)c1C(=O)N1CCN(C/C=C/c2ccccc2)CC1. The van der Waals surface area contributed by atoms with Gasteiger partial charge < -0.3 is 4.90 Å². The van der Waals surface area contributed by atoms with Crippen molar-refractivity contribution in [3.05, 3.63) is 89.3 Å². The van der Waals surface area contributed by atoms with Crippen LogP contribution in [0.1, 0.15) is 27.3 Å². The zero-order valence-corrected chi connectivity index (χ0v) is 17.7. The number of hydrogen-bond donors (Lipinski definition) is 0. The number of aromatic nitrogens is 2. The van der Waals surface area contributed by atoms with Crippen LogP contribution in [0.5, 0.6) is 0 Å². The molecule has 1 aliphatic heterocycles. The largest absolute Gasteiger partial charge is 0.336 e. The van der Waals surface area contributed by atoms with E-state index in [1.54, 1.807) is 0 Å². The van der Waals surface area contributed by atoms with Crippen LogP contribution in [0, 0.1) is 13.8 Å². The van der Waals surface area contributed by atoms with Gasteiger partial charge in [0.1, 0.15) is 0 Å². The number of rotatable bonds is 5. The summed E-state index contributed by atoms with van der Waals surface area (Å²) in [5.41, 5.74) is 4.61. The molecular formula is C25H28N4O. The Morgan fingerprint density at radius 1 is 0.933 bits per heavy atom. The zero-order chi connectivity index (χ0) is 20.9. The van der Waals surface area contributed by atoms with Gasteiger partial charge in [0.2, 0.25) is 0 Å². The minimum atomic E-state index is 0.0895. The van der Waals surface area contributed by atoms with Crippen molar-refractivity contribution >= 4 is 12.0 Å². The quantitative estimate of drug-likeness (QED) is 0.651. The molecule has 0 spiro atoms. The molecule has 0 unspecified atom stereocenters. The van der Waals surface area contributed by atoms with E-state index >= 15 is 0 Å². The molecule has 154 valence electrons. The fraction of sp³-hybridized carbons (Fsp3) is 0.280. The van der Waals surface area contributed by atoms with Crippen LogP contribution in [-0.4, -0.2) is 58.2 Å². The summed E-state index contributed by atoms with van der Waals surface area (Å²) in [6, 6.07) is 20.3. The van der Waals surface area contributed by atoms with Crippen molar-refractivity contribution in [3.8, 4) is 5.69 Å². The third-order valence-corrected chi connectivity index (χ3v) is 5.64. The van der Waals surface area contributed by atoms with Gasteiger partial charge in [-0.05, 0) is 31.5 Å². The molecule has 1 amide bonds. The summed E-state index contributed by atoms with van der Waals surface area (Å²) in [5.74, 6) is 0.0895. The number of benzene rings is 2. The van der Waals surface area contributed by atoms with Crippen molar-refractivity contribution in [2.75, 3.05) is 32.7 Å². The minimum Gasteiger partial charge on any atom is -0.336 e. The molecule has 3 aromatic rings. The first-order valence-corrected chi connectivity index (χ1v) is 10.5. The molecular weight excluding hydrogens is 372 g/mol. The lowest BCUT2D eigenvalue weighted by Gasteiger charge is -2.34. The molecule has 0 N–H and O–H groups in total. The third kappa shape index (κ3) is 4.36. The molecule has 0 bridgehead atoms. The fourth-order valence-electron chi connectivity index (χ4n) is 3.97. The Labute approximate surface area is 178 Å². The maximum absolute atomic E-state index is 13.2. The first-order chi connectivity index (χ1) is 14.6. The Hall–Kier alpha value is -3.18. The van der Waals surface area contributed by atoms with Crippen LogP contribution < -0.4 is 0 Å². The summed E-state index contributed by atoms with van der Waals surface area (Å²) >= 11 is 0. The predicted molar refractivity (Wildman–Crippen MR) is 121 cm³/mol. The van der Waals surface area contributed by atoms with Crippen LogP contribution in [0.15, 0.2) is 66.7 Å². The average molecular weight is 401 g/mol. The number of nitrogens with zero attached hydrogens (tertiary/aromatic N) is 4. The van der Waals surface area contributed by atoms with Crippen molar-refractivity contribution in [2.45, 2.75) is 13.8 Å². The van der Waals surface area contributed by atoms with Gasteiger partial charge in [-0.1, -0.05) is 60.7 Å². The van der Waals surface area contributed by atoms with Crippen LogP contribution in [0.25, 0.3) is 11.8 Å². The first kappa shape index (κ1) is 20.1. The predicted octanol–water partition coefficient (Wildman–Crippen LogP) is 3.96. The van der Waals surface area contributed by atoms with E-state index < -0.39 is 0 Å². The molecule has 0 radical (unpaired) electrons. The minimum absolute atomic E-state index is 0.0895. The Balaban J connectivity index is 1.38. The van der Waals surface area contributed by atoms with Crippen molar-refractivity contribution < 1.29 is 4.79 Å². The van der Waals surface area contributed by atoms with E-state index in [-0.39, 0.29) is 5.91 Å². The van der Waals surface area contributed by atoms with Gasteiger partial charge in [0.15, 0.2) is 0 Å². The summed E-state index contributed by atoms with van der Waals surface area (Å²) in [4.78, 5) is 17.6. The van der Waals surface area contributed by atoms with Crippen LogP contribution in [0.3, 0.4) is 0 Å². The Morgan fingerprint density at radius 2 is 1.57 bits per heavy atom. The van der Waals surface area contributed by atoms with Crippen molar-refractivity contribution in [1.82, 2.24) is 19.6 Å². The summed E-state index contributed by atoms with van der Waals surface area (Å²) in [6.07, 6.45) is 4.35. The Bertz CT molecular complexity index is 1020. The number of para-hydroxylation sites is 1. The van der Waals surface area contributed by atoms with Gasteiger partial charge in [-0.2, -0.15) is 5.10 Å². The van der Waals surface area contributed by atoms with Crippen molar-refractivity contribution in [1.29, 1.82) is 0 Å². The van der Waals surface area contributed by atoms with E-state index in [1.807, 2.05) is 72.0 Å². The highest BCUT2D eigenvalue weighted by Crippen LogP contribution is 2.20. The molecule has 5 nitrogen and oxygen atoms in total. The van der Waals surface area contributed by atoms with Gasteiger partial charge >= 0.3 is 0 Å². The average Bonchev–Trinajstić information content (AvgIpc) is 3.09. The maximum Gasteiger partial charge on any atom is 0.257 e. The van der Waals surface area contributed by atoms with E-state index in [0.29, 0.717) is 0 Å². The van der Waals surface area contributed by atoms with Crippen molar-refractivity contribution in [3.63, 3.8) is 0 Å². The van der Waals surface area contributed by atoms with Crippen LogP contribution in [0.2, 0.25) is 0 Å². The standard InChI is InChI=1S/C25H28N4O/c1-20-24(21(2)29(26-20)23-13-7-4-8-14-23)25(30)28-18-16-27(17-19-28)15-9-12-22-10-5-3-6-11-22/h3-14H,15-19H2,1-2H3/b12-9+. The second kappa shape index (κ2) is 9.09. The van der Waals surface area contributed by atoms with Gasteiger partial charge in [0, 0.05) is 32.7 Å². The number of piperazine rings is 1. The van der Waals surface area contributed by atoms with E-state index in [1.165, 1.54) is 5.56 Å². The second-order valence-electron chi connectivity index (χ2n) is 7.70. The van der Waals surface area contributed by atoms with E-state index in [9.17, 15) is 4.79 Å². The zero-order valence-electron chi connectivity index (χ0n) is 17.7. The number of amides is 1. The molecule has 1 aromatic heterocycles. The monoisotopic (exact) mass is 400 g/mol. The van der Waals surface area contributed by atoms with Gasteiger partial charge in [0.25, 0.3) is 5.91 Å². The molecule has 2 heterocycles. The molecule has 1 saturated heterocycles. The van der Waals surface area contributed by atoms with Crippen LogP contribution in [-0.2, 0) is 0 Å². The van der Waals surface area contributed by atoms with Gasteiger partial charge in [-0.15, -0.1) is 0 Å². The second-order valence-corrected chi connectivity index (χ2v) is 7.70. The Morgan fingerprint density at radius 3 is 2.23 bits per heavy atom. The summed E-state index contributed by atoms with van der Waals surface area (Å²) in [6.45, 7) is 8.06. The Kier molecular flexibility index (Phi) is 6.10. The highest BCUT2D eigenvalue weighted by atomic mass is 16.2. The van der Waals surface area contributed by atoms with E-state index in [0.717, 1.165) is 55.4 Å². The normalized spacial score (nSPS) is 15.1. The topological polar surface area (TPSA) is 41.4 Å². The highest BCUT2D eigenvalue weighted by Gasteiger charge is 2.26. The lowest BCUT2D eigenvalue weighted by molar-refractivity contribution is 0.0649. The fourth-order valence-corrected chi connectivity index (χ4v) is 3.97. The third-order valence-electron chi connectivity index (χ3n) is 5.64. The maximum atomic E-state index is 13.2. The molecule has 1 fully saturated rings. The molecule has 5 heteroatoms. The molecule has 30 heavy (non-hydrogen) atoms. The van der Waals surface area contributed by atoms with Gasteiger partial charge in [0.05, 0.1) is 22.6 Å². The molecule has 1 aliphatic rings. The number of carbonyl (C=O) groups excluding carboxylic acids is 1. The lowest BCUT2D eigenvalue weighted by atomic mass is 10.1. The van der Waals surface area contributed by atoms with Crippen molar-refractivity contribution in [2.24, 2.45) is 0 Å². The smallest absolute Gasteiger partial charge is 0.257 e. The summed E-state index contributed by atoms with van der Waals surface area (Å²) in [5, 5.41) is 4.63. The first-order valence-electron chi connectivity index (χ1n) is 10.5. The molecule has 0 saturated carbocycles. The highest BCUT2D eigenvalue weighted by molar-refractivity contribution is 5.96. The molecule has 2 aromatic carbocycles. The van der Waals surface area contributed by atoms with E-state index in [4.69, 9.17) is 0 Å². The summed E-state index contributed by atoms with van der Waals surface area (Å²) in [7, 11) is 0.